The van der Waals surface area contributed by atoms with E-state index in [-0.39, 0.29) is 11.2 Å². The maximum Gasteiger partial charge on any atom is 0.154 e. The lowest BCUT2D eigenvalue weighted by atomic mass is 9.81. The minimum Gasteiger partial charge on any atom is -0.298 e. The van der Waals surface area contributed by atoms with Gasteiger partial charge in [0.05, 0.1) is 11.2 Å². The standard InChI is InChI=1S/C14H14OS2/c1-9-14(15)13-11(3-2-4-12(13)17-9)7-10-5-6-16-8-10/h2-6,8-9,11,13H,7H2,1H3. The van der Waals surface area contributed by atoms with E-state index in [1.807, 2.05) is 6.92 Å². The number of carbonyl (C=O) groups is 1. The predicted octanol–water partition coefficient (Wildman–Crippen LogP) is 3.68. The van der Waals surface area contributed by atoms with Crippen molar-refractivity contribution in [3.63, 3.8) is 0 Å². The Labute approximate surface area is 110 Å². The molecule has 0 amide bonds. The van der Waals surface area contributed by atoms with Crippen LogP contribution in [0.1, 0.15) is 12.5 Å². The van der Waals surface area contributed by atoms with Gasteiger partial charge in [-0.1, -0.05) is 18.2 Å². The zero-order chi connectivity index (χ0) is 11.8. The molecule has 3 rings (SSSR count). The Hall–Kier alpha value is -0.800. The number of hydrogen-bond acceptors (Lipinski definition) is 3. The van der Waals surface area contributed by atoms with Crippen molar-refractivity contribution in [2.75, 3.05) is 0 Å². The Morgan fingerprint density at radius 2 is 2.29 bits per heavy atom. The lowest BCUT2D eigenvalue weighted by molar-refractivity contribution is -0.121. The van der Waals surface area contributed by atoms with Gasteiger partial charge in [-0.25, -0.2) is 0 Å². The topological polar surface area (TPSA) is 17.1 Å². The van der Waals surface area contributed by atoms with Crippen LogP contribution in [0.25, 0.3) is 0 Å². The SMILES string of the molecule is CC1SC2=CC=CC(Cc3ccsc3)C2C1=O. The summed E-state index contributed by atoms with van der Waals surface area (Å²) < 4.78 is 0. The quantitative estimate of drug-likeness (QED) is 0.808. The van der Waals surface area contributed by atoms with Gasteiger partial charge in [0.1, 0.15) is 0 Å². The molecule has 0 bridgehead atoms. The van der Waals surface area contributed by atoms with Gasteiger partial charge >= 0.3 is 0 Å². The van der Waals surface area contributed by atoms with Gasteiger partial charge < -0.3 is 0 Å². The molecule has 1 nitrogen and oxygen atoms in total. The summed E-state index contributed by atoms with van der Waals surface area (Å²) in [5.74, 6) is 0.889. The van der Waals surface area contributed by atoms with Crippen LogP contribution < -0.4 is 0 Å². The number of hydrogen-bond donors (Lipinski definition) is 0. The highest BCUT2D eigenvalue weighted by Crippen LogP contribution is 2.45. The van der Waals surface area contributed by atoms with Gasteiger partial charge in [0.2, 0.25) is 0 Å². The highest BCUT2D eigenvalue weighted by atomic mass is 32.2. The van der Waals surface area contributed by atoms with Crippen LogP contribution in [0.15, 0.2) is 40.0 Å². The van der Waals surface area contributed by atoms with Gasteiger partial charge in [-0.05, 0) is 46.6 Å². The van der Waals surface area contributed by atoms with E-state index in [2.05, 4.69) is 35.1 Å². The van der Waals surface area contributed by atoms with Crippen LogP contribution in [0, 0.1) is 11.8 Å². The number of thiophene rings is 1. The summed E-state index contributed by atoms with van der Waals surface area (Å²) in [6.07, 6.45) is 7.41. The Morgan fingerprint density at radius 3 is 3.06 bits per heavy atom. The second-order valence-corrected chi connectivity index (χ2v) is 6.79. The number of ketones is 1. The Kier molecular flexibility index (Phi) is 2.97. The maximum atomic E-state index is 12.2. The second-order valence-electron chi connectivity index (χ2n) is 4.59. The van der Waals surface area contributed by atoms with E-state index in [0.717, 1.165) is 6.42 Å². The lowest BCUT2D eigenvalue weighted by Crippen LogP contribution is -2.25. The minimum atomic E-state index is 0.125. The molecule has 0 N–H and O–H groups in total. The van der Waals surface area contributed by atoms with Crippen molar-refractivity contribution in [3.8, 4) is 0 Å². The summed E-state index contributed by atoms with van der Waals surface area (Å²) >= 11 is 3.46. The van der Waals surface area contributed by atoms with Gasteiger partial charge in [0.25, 0.3) is 0 Å². The molecule has 1 aromatic rings. The summed E-state index contributed by atoms with van der Waals surface area (Å²) in [7, 11) is 0. The maximum absolute atomic E-state index is 12.2. The largest absolute Gasteiger partial charge is 0.298 e. The van der Waals surface area contributed by atoms with Crippen LogP contribution in [0.4, 0.5) is 0 Å². The third-order valence-electron chi connectivity index (χ3n) is 3.43. The van der Waals surface area contributed by atoms with E-state index in [4.69, 9.17) is 0 Å². The molecule has 1 aliphatic carbocycles. The molecule has 2 heterocycles. The molecule has 2 aliphatic rings. The molecule has 1 aliphatic heterocycles. The highest BCUT2D eigenvalue weighted by Gasteiger charge is 2.41. The van der Waals surface area contributed by atoms with Crippen molar-refractivity contribution >= 4 is 28.9 Å². The smallest absolute Gasteiger partial charge is 0.154 e. The average molecular weight is 262 g/mol. The third-order valence-corrected chi connectivity index (χ3v) is 5.41. The van der Waals surface area contributed by atoms with E-state index in [9.17, 15) is 4.79 Å². The molecule has 0 spiro atoms. The van der Waals surface area contributed by atoms with Crippen molar-refractivity contribution < 1.29 is 4.79 Å². The van der Waals surface area contributed by atoms with Crippen molar-refractivity contribution in [1.29, 1.82) is 0 Å². The fourth-order valence-electron chi connectivity index (χ4n) is 2.56. The van der Waals surface area contributed by atoms with Crippen LogP contribution in [0.3, 0.4) is 0 Å². The van der Waals surface area contributed by atoms with Crippen molar-refractivity contribution in [2.24, 2.45) is 11.8 Å². The molecule has 17 heavy (non-hydrogen) atoms. The van der Waals surface area contributed by atoms with Crippen LogP contribution in [0.5, 0.6) is 0 Å². The molecule has 0 saturated carbocycles. The molecule has 0 aromatic carbocycles. The number of carbonyl (C=O) groups excluding carboxylic acids is 1. The number of allylic oxidation sites excluding steroid dienone is 4. The van der Waals surface area contributed by atoms with E-state index >= 15 is 0 Å². The molecule has 3 atom stereocenters. The van der Waals surface area contributed by atoms with E-state index < -0.39 is 0 Å². The molecule has 3 unspecified atom stereocenters. The van der Waals surface area contributed by atoms with E-state index in [0.29, 0.717) is 11.7 Å². The highest BCUT2D eigenvalue weighted by molar-refractivity contribution is 8.04. The molecule has 88 valence electrons. The molecule has 1 aromatic heterocycles. The first kappa shape index (κ1) is 11.3. The zero-order valence-electron chi connectivity index (χ0n) is 9.63. The summed E-state index contributed by atoms with van der Waals surface area (Å²) in [5.41, 5.74) is 1.35. The molecule has 1 fully saturated rings. The fourth-order valence-corrected chi connectivity index (χ4v) is 4.51. The predicted molar refractivity (Wildman–Crippen MR) is 74.3 cm³/mol. The van der Waals surface area contributed by atoms with Gasteiger partial charge in [0.15, 0.2) is 5.78 Å². The second kappa shape index (κ2) is 4.46. The number of rotatable bonds is 2. The van der Waals surface area contributed by atoms with Crippen molar-refractivity contribution in [3.05, 3.63) is 45.5 Å². The normalized spacial score (nSPS) is 31.5. The Bertz CT molecular complexity index is 484. The monoisotopic (exact) mass is 262 g/mol. The van der Waals surface area contributed by atoms with E-state index in [1.165, 1.54) is 10.5 Å². The Morgan fingerprint density at radius 1 is 1.41 bits per heavy atom. The average Bonchev–Trinajstić information content (AvgIpc) is 2.90. The van der Waals surface area contributed by atoms with Crippen molar-refractivity contribution in [2.45, 2.75) is 18.6 Å². The molecule has 1 saturated heterocycles. The zero-order valence-corrected chi connectivity index (χ0v) is 11.3. The van der Waals surface area contributed by atoms with E-state index in [1.54, 1.807) is 23.1 Å². The third kappa shape index (κ3) is 2.02. The van der Waals surface area contributed by atoms with Gasteiger partial charge in [-0.3, -0.25) is 4.79 Å². The van der Waals surface area contributed by atoms with Crippen LogP contribution >= 0.6 is 23.1 Å². The first-order valence-corrected chi connectivity index (χ1v) is 7.68. The number of fused-ring (bicyclic) bond motifs is 1. The van der Waals surface area contributed by atoms with Gasteiger partial charge in [0, 0.05) is 0 Å². The fraction of sp³-hybridized carbons (Fsp3) is 0.357. The van der Waals surface area contributed by atoms with Crippen molar-refractivity contribution in [1.82, 2.24) is 0 Å². The van der Waals surface area contributed by atoms with Gasteiger partial charge in [-0.15, -0.1) is 11.8 Å². The van der Waals surface area contributed by atoms with Gasteiger partial charge in [-0.2, -0.15) is 11.3 Å². The minimum absolute atomic E-state index is 0.125. The number of Topliss-reactive ketones (excluding diaryl/α,β-unsaturated/α-hetero) is 1. The molecule has 3 heteroatoms. The molecular weight excluding hydrogens is 248 g/mol. The van der Waals surface area contributed by atoms with Crippen LogP contribution in [-0.2, 0) is 11.2 Å². The van der Waals surface area contributed by atoms with Crippen LogP contribution in [-0.4, -0.2) is 11.0 Å². The summed E-state index contributed by atoms with van der Waals surface area (Å²) in [4.78, 5) is 13.5. The molecular formula is C14H14OS2. The lowest BCUT2D eigenvalue weighted by Gasteiger charge is -2.22. The summed E-state index contributed by atoms with van der Waals surface area (Å²) in [5, 5.41) is 4.42. The summed E-state index contributed by atoms with van der Waals surface area (Å²) in [6.45, 7) is 2.02. The molecule has 0 radical (unpaired) electrons. The Balaban J connectivity index is 1.84. The first-order valence-electron chi connectivity index (χ1n) is 5.85. The van der Waals surface area contributed by atoms with Crippen LogP contribution in [0.2, 0.25) is 0 Å². The number of thioether (sulfide) groups is 1. The first-order chi connectivity index (χ1) is 8.25. The summed E-state index contributed by atoms with van der Waals surface area (Å²) in [6, 6.07) is 2.16.